The van der Waals surface area contributed by atoms with Crippen LogP contribution >= 0.6 is 11.8 Å². The van der Waals surface area contributed by atoms with Gasteiger partial charge in [0.15, 0.2) is 0 Å². The Hall–Kier alpha value is -4.80. The van der Waals surface area contributed by atoms with Crippen molar-refractivity contribution in [2.45, 2.75) is 17.2 Å². The number of nitrogens with zero attached hydrogens (tertiary/aromatic N) is 1. The van der Waals surface area contributed by atoms with Crippen LogP contribution in [0.25, 0.3) is 22.3 Å². The predicted molar refractivity (Wildman–Crippen MR) is 177 cm³/mol. The number of benzene rings is 5. The molecule has 2 aliphatic heterocycles. The maximum atomic E-state index is 6.72. The van der Waals surface area contributed by atoms with Gasteiger partial charge in [-0.25, -0.2) is 0 Å². The maximum Gasteiger partial charge on any atom is 0.132 e. The van der Waals surface area contributed by atoms with E-state index in [1.54, 1.807) is 0 Å². The lowest BCUT2D eigenvalue weighted by Gasteiger charge is -2.39. The fraction of sp³-hybridized carbons (Fsp3) is 0.103. The van der Waals surface area contributed by atoms with E-state index in [4.69, 9.17) is 9.84 Å². The molecule has 206 valence electrons. The molecule has 0 saturated carbocycles. The molecule has 4 aliphatic rings. The van der Waals surface area contributed by atoms with Crippen molar-refractivity contribution in [3.63, 3.8) is 0 Å². The van der Waals surface area contributed by atoms with Crippen LogP contribution in [0.4, 0.5) is 0 Å². The molecule has 43 heavy (non-hydrogen) atoms. The highest BCUT2D eigenvalue weighted by molar-refractivity contribution is 8.14. The van der Waals surface area contributed by atoms with Gasteiger partial charge in [-0.3, -0.25) is 5.43 Å². The number of thioether (sulfide) groups is 1. The average Bonchev–Trinajstić information content (AvgIpc) is 3.68. The van der Waals surface area contributed by atoms with Gasteiger partial charge in [0, 0.05) is 17.0 Å². The zero-order valence-corrected chi connectivity index (χ0v) is 24.2. The van der Waals surface area contributed by atoms with Crippen molar-refractivity contribution >= 4 is 16.8 Å². The van der Waals surface area contributed by atoms with E-state index in [-0.39, 0.29) is 5.37 Å². The zero-order valence-electron chi connectivity index (χ0n) is 23.4. The van der Waals surface area contributed by atoms with Crippen molar-refractivity contribution in [2.75, 3.05) is 0 Å². The van der Waals surface area contributed by atoms with Gasteiger partial charge in [-0.1, -0.05) is 133 Å². The summed E-state index contributed by atoms with van der Waals surface area (Å²) in [5.74, 6) is 2.18. The molecule has 1 N–H and O–H groups in total. The molecule has 0 fully saturated rings. The summed E-state index contributed by atoms with van der Waals surface area (Å²) in [5, 5.41) is 5.95. The van der Waals surface area contributed by atoms with Crippen LogP contribution in [0.2, 0.25) is 0 Å². The molecule has 0 saturated heterocycles. The van der Waals surface area contributed by atoms with Gasteiger partial charge in [0.25, 0.3) is 0 Å². The first-order valence-electron chi connectivity index (χ1n) is 14.9. The number of rotatable bonds is 3. The number of hydrogen-bond donors (Lipinski definition) is 1. The molecular weight excluding hydrogens is 545 g/mol. The van der Waals surface area contributed by atoms with Crippen LogP contribution in [-0.2, 0) is 5.41 Å². The Morgan fingerprint density at radius 2 is 1.40 bits per heavy atom. The third-order valence-corrected chi connectivity index (χ3v) is 10.4. The highest BCUT2D eigenvalue weighted by atomic mass is 32.2. The summed E-state index contributed by atoms with van der Waals surface area (Å²) in [6.45, 7) is 0. The first-order chi connectivity index (χ1) is 21.3. The van der Waals surface area contributed by atoms with Crippen molar-refractivity contribution in [1.29, 1.82) is 0 Å². The quantitative estimate of drug-likeness (QED) is 0.229. The lowest BCUT2D eigenvalue weighted by Crippen LogP contribution is -2.32. The predicted octanol–water partition coefficient (Wildman–Crippen LogP) is 9.60. The van der Waals surface area contributed by atoms with Crippen LogP contribution in [-0.4, -0.2) is 5.04 Å². The first kappa shape index (κ1) is 24.8. The Bertz CT molecular complexity index is 1980. The average molecular weight is 573 g/mol. The fourth-order valence-electron chi connectivity index (χ4n) is 7.29. The van der Waals surface area contributed by atoms with Gasteiger partial charge in [-0.15, -0.1) is 0 Å². The van der Waals surface area contributed by atoms with Crippen molar-refractivity contribution in [2.24, 2.45) is 11.0 Å². The maximum absolute atomic E-state index is 6.72. The van der Waals surface area contributed by atoms with Crippen LogP contribution < -0.4 is 10.2 Å². The lowest BCUT2D eigenvalue weighted by molar-refractivity contribution is 0.436. The summed E-state index contributed by atoms with van der Waals surface area (Å²) >= 11 is 1.82. The standard InChI is InChI=1S/C39H28N2OS/c1-2-11-25(12-3-1)37-40-41-38(43-37)28-14-10-13-26(23-28)27-21-22-34-36(24-27)42-35-20-9-8-19-33(35)39(34)31-17-6-4-15-29(31)30-16-5-7-18-32(30)39/h1-11,13-25,38,41H,12H2. The molecular formula is C39H28N2OS. The number of para-hydroxylation sites is 1. The number of hydrogen-bond acceptors (Lipinski definition) is 4. The fourth-order valence-corrected chi connectivity index (χ4v) is 8.38. The lowest BCUT2D eigenvalue weighted by atomic mass is 9.66. The van der Waals surface area contributed by atoms with Gasteiger partial charge in [-0.2, -0.15) is 5.10 Å². The smallest absolute Gasteiger partial charge is 0.132 e. The minimum Gasteiger partial charge on any atom is -0.457 e. The summed E-state index contributed by atoms with van der Waals surface area (Å²) in [6.07, 6.45) is 9.69. The van der Waals surface area contributed by atoms with Crippen molar-refractivity contribution in [1.82, 2.24) is 5.43 Å². The van der Waals surface area contributed by atoms with E-state index in [9.17, 15) is 0 Å². The summed E-state index contributed by atoms with van der Waals surface area (Å²) in [6, 6.07) is 41.8. The highest BCUT2D eigenvalue weighted by Crippen LogP contribution is 2.62. The molecule has 0 aromatic heterocycles. The third kappa shape index (κ3) is 3.66. The topological polar surface area (TPSA) is 33.6 Å². The number of fused-ring (bicyclic) bond motifs is 9. The van der Waals surface area contributed by atoms with E-state index in [0.29, 0.717) is 5.92 Å². The van der Waals surface area contributed by atoms with Crippen LogP contribution in [0, 0.1) is 5.92 Å². The molecule has 3 nitrogen and oxygen atoms in total. The molecule has 5 aromatic carbocycles. The van der Waals surface area contributed by atoms with Crippen molar-refractivity contribution < 1.29 is 4.74 Å². The number of nitrogens with one attached hydrogen (secondary N) is 1. The van der Waals surface area contributed by atoms with Crippen LogP contribution in [0.15, 0.2) is 145 Å². The Balaban J connectivity index is 1.14. The Morgan fingerprint density at radius 3 is 2.19 bits per heavy atom. The van der Waals surface area contributed by atoms with Gasteiger partial charge < -0.3 is 4.74 Å². The van der Waals surface area contributed by atoms with Gasteiger partial charge in [-0.05, 0) is 63.6 Å². The molecule has 0 amide bonds. The molecule has 1 spiro atoms. The Labute approximate surface area is 255 Å². The summed E-state index contributed by atoms with van der Waals surface area (Å²) in [5.41, 5.74) is 14.1. The molecule has 0 radical (unpaired) electrons. The molecule has 9 rings (SSSR count). The second kappa shape index (κ2) is 9.62. The van der Waals surface area contributed by atoms with E-state index in [1.807, 2.05) is 11.8 Å². The minimum atomic E-state index is -0.432. The first-order valence-corrected chi connectivity index (χ1v) is 15.7. The van der Waals surface area contributed by atoms with Crippen molar-refractivity contribution in [3.8, 4) is 33.8 Å². The molecule has 5 aromatic rings. The van der Waals surface area contributed by atoms with E-state index < -0.39 is 5.41 Å². The van der Waals surface area contributed by atoms with E-state index in [2.05, 4.69) is 145 Å². The number of hydrazone groups is 1. The van der Waals surface area contributed by atoms with Gasteiger partial charge >= 0.3 is 0 Å². The molecule has 2 atom stereocenters. The van der Waals surface area contributed by atoms with Gasteiger partial charge in [0.2, 0.25) is 0 Å². The summed E-state index contributed by atoms with van der Waals surface area (Å²) in [7, 11) is 0. The number of ether oxygens (including phenoxy) is 1. The Morgan fingerprint density at radius 1 is 0.674 bits per heavy atom. The van der Waals surface area contributed by atoms with Crippen LogP contribution in [0.3, 0.4) is 0 Å². The van der Waals surface area contributed by atoms with Gasteiger partial charge in [0.05, 0.1) is 5.41 Å². The molecule has 2 unspecified atom stereocenters. The zero-order chi connectivity index (χ0) is 28.4. The highest BCUT2D eigenvalue weighted by Gasteiger charge is 2.50. The molecule has 2 aliphatic carbocycles. The van der Waals surface area contributed by atoms with E-state index >= 15 is 0 Å². The van der Waals surface area contributed by atoms with E-state index in [1.165, 1.54) is 44.5 Å². The van der Waals surface area contributed by atoms with Crippen LogP contribution in [0.5, 0.6) is 11.5 Å². The number of allylic oxidation sites excluding steroid dienone is 4. The second-order valence-electron chi connectivity index (χ2n) is 11.5. The third-order valence-electron chi connectivity index (χ3n) is 9.20. The monoisotopic (exact) mass is 572 g/mol. The minimum absolute atomic E-state index is 0.102. The van der Waals surface area contributed by atoms with Crippen LogP contribution in [0.1, 0.15) is 39.6 Å². The molecule has 2 heterocycles. The summed E-state index contributed by atoms with van der Waals surface area (Å²) < 4.78 is 6.72. The SMILES string of the molecule is C1=CCC(C2=NNC(c3cccc(-c4ccc5c(c4)Oc4ccccc4C54c5ccccc5-c5ccccc54)c3)S2)C=C1. The largest absolute Gasteiger partial charge is 0.457 e. The summed E-state index contributed by atoms with van der Waals surface area (Å²) in [4.78, 5) is 0. The van der Waals surface area contributed by atoms with E-state index in [0.717, 1.165) is 28.5 Å². The van der Waals surface area contributed by atoms with Crippen molar-refractivity contribution in [3.05, 3.63) is 167 Å². The van der Waals surface area contributed by atoms with Gasteiger partial charge in [0.1, 0.15) is 21.9 Å². The molecule has 4 heteroatoms. The normalized spacial score (nSPS) is 20.0. The Kier molecular flexibility index (Phi) is 5.54. The second-order valence-corrected chi connectivity index (χ2v) is 12.6. The molecule has 0 bridgehead atoms.